The first-order valence-electron chi connectivity index (χ1n) is 9.38. The van der Waals surface area contributed by atoms with E-state index in [1.54, 1.807) is 0 Å². The Morgan fingerprint density at radius 3 is 2.87 bits per heavy atom. The van der Waals surface area contributed by atoms with E-state index in [-0.39, 0.29) is 0 Å². The van der Waals surface area contributed by atoms with Crippen LogP contribution in [0.15, 0.2) is 18.2 Å². The molecule has 1 unspecified atom stereocenters. The zero-order chi connectivity index (χ0) is 15.6. The van der Waals surface area contributed by atoms with Gasteiger partial charge in [-0.15, -0.1) is 0 Å². The average Bonchev–Trinajstić information content (AvgIpc) is 3.21. The van der Waals surface area contributed by atoms with Crippen LogP contribution in [0.25, 0.3) is 10.9 Å². The van der Waals surface area contributed by atoms with Gasteiger partial charge in [-0.2, -0.15) is 0 Å². The third-order valence-corrected chi connectivity index (χ3v) is 5.44. The molecule has 1 heterocycles. The number of H-pyrrole nitrogens is 1. The van der Waals surface area contributed by atoms with Gasteiger partial charge in [-0.25, -0.2) is 0 Å². The zero-order valence-electron chi connectivity index (χ0n) is 14.2. The second kappa shape index (κ2) is 6.56. The Morgan fingerprint density at radius 1 is 1.17 bits per heavy atom. The summed E-state index contributed by atoms with van der Waals surface area (Å²) in [5.74, 6) is 1.01. The fourth-order valence-electron chi connectivity index (χ4n) is 4.30. The Labute approximate surface area is 138 Å². The average molecular weight is 312 g/mol. The van der Waals surface area contributed by atoms with E-state index in [0.29, 0.717) is 6.04 Å². The highest BCUT2D eigenvalue weighted by atomic mass is 16.5. The fourth-order valence-corrected chi connectivity index (χ4v) is 4.30. The van der Waals surface area contributed by atoms with Crippen molar-refractivity contribution in [3.05, 3.63) is 29.5 Å². The first-order valence-corrected chi connectivity index (χ1v) is 9.38. The molecule has 2 aliphatic rings. The van der Waals surface area contributed by atoms with Gasteiger partial charge in [0.2, 0.25) is 0 Å². The van der Waals surface area contributed by atoms with Crippen LogP contribution in [0.3, 0.4) is 0 Å². The molecule has 0 saturated heterocycles. The number of hydrogen-bond donors (Lipinski definition) is 2. The zero-order valence-corrected chi connectivity index (χ0v) is 14.2. The Balaban J connectivity index is 1.63. The molecule has 4 rings (SSSR count). The van der Waals surface area contributed by atoms with Crippen molar-refractivity contribution in [3.63, 3.8) is 0 Å². The van der Waals surface area contributed by atoms with Crippen molar-refractivity contribution in [1.82, 2.24) is 10.3 Å². The molecule has 0 spiro atoms. The lowest BCUT2D eigenvalue weighted by Crippen LogP contribution is -2.32. The van der Waals surface area contributed by atoms with Crippen LogP contribution in [-0.4, -0.2) is 17.6 Å². The number of aromatic amines is 1. The molecule has 2 aromatic rings. The lowest BCUT2D eigenvalue weighted by molar-refractivity contribution is 0.318. The highest BCUT2D eigenvalue weighted by molar-refractivity contribution is 5.86. The smallest absolute Gasteiger partial charge is 0.120 e. The molecule has 0 aliphatic heterocycles. The molecule has 23 heavy (non-hydrogen) atoms. The largest absolute Gasteiger partial charge is 0.494 e. The van der Waals surface area contributed by atoms with E-state index in [0.717, 1.165) is 24.8 Å². The lowest BCUT2D eigenvalue weighted by atomic mass is 9.91. The standard InChI is InChI=1S/C20H28N2O/c1-2-12-23-15-10-11-18-17(13-15)16-8-5-9-19(20(16)22-18)21-14-6-3-4-7-14/h10-11,13-14,19,21-22H,2-9,12H2,1H3. The van der Waals surface area contributed by atoms with Crippen molar-refractivity contribution in [2.24, 2.45) is 0 Å². The normalized spacial score (nSPS) is 21.7. The maximum absolute atomic E-state index is 5.83. The molecule has 2 N–H and O–H groups in total. The summed E-state index contributed by atoms with van der Waals surface area (Å²) in [5, 5.41) is 5.29. The van der Waals surface area contributed by atoms with Crippen LogP contribution in [-0.2, 0) is 6.42 Å². The van der Waals surface area contributed by atoms with Crippen LogP contribution in [0.4, 0.5) is 0 Å². The highest BCUT2D eigenvalue weighted by Gasteiger charge is 2.27. The summed E-state index contributed by atoms with van der Waals surface area (Å²) >= 11 is 0. The van der Waals surface area contributed by atoms with Gasteiger partial charge < -0.3 is 15.0 Å². The minimum absolute atomic E-state index is 0.509. The van der Waals surface area contributed by atoms with Gasteiger partial charge in [0, 0.05) is 28.7 Å². The molecule has 1 aromatic carbocycles. The second-order valence-corrected chi connectivity index (χ2v) is 7.17. The minimum atomic E-state index is 0.509. The van der Waals surface area contributed by atoms with Crippen LogP contribution >= 0.6 is 0 Å². The maximum Gasteiger partial charge on any atom is 0.120 e. The number of rotatable bonds is 5. The molecule has 1 atom stereocenters. The summed E-state index contributed by atoms with van der Waals surface area (Å²) in [5.41, 5.74) is 4.22. The van der Waals surface area contributed by atoms with Crippen molar-refractivity contribution < 1.29 is 4.74 Å². The molecular formula is C20H28N2O. The van der Waals surface area contributed by atoms with Crippen molar-refractivity contribution >= 4 is 10.9 Å². The maximum atomic E-state index is 5.83. The highest BCUT2D eigenvalue weighted by Crippen LogP contribution is 2.37. The second-order valence-electron chi connectivity index (χ2n) is 7.17. The first kappa shape index (κ1) is 15.1. The minimum Gasteiger partial charge on any atom is -0.494 e. The molecule has 3 heteroatoms. The number of ether oxygens (including phenoxy) is 1. The van der Waals surface area contributed by atoms with Gasteiger partial charge in [-0.05, 0) is 62.3 Å². The van der Waals surface area contributed by atoms with Crippen molar-refractivity contribution in [2.45, 2.75) is 70.4 Å². The summed E-state index contributed by atoms with van der Waals surface area (Å²) in [4.78, 5) is 3.71. The van der Waals surface area contributed by atoms with Gasteiger partial charge in [0.1, 0.15) is 5.75 Å². The first-order chi connectivity index (χ1) is 11.3. The number of nitrogens with one attached hydrogen (secondary N) is 2. The van der Waals surface area contributed by atoms with Gasteiger partial charge in [0.25, 0.3) is 0 Å². The van der Waals surface area contributed by atoms with Crippen LogP contribution in [0.5, 0.6) is 5.75 Å². The topological polar surface area (TPSA) is 37.0 Å². The van der Waals surface area contributed by atoms with E-state index in [1.165, 1.54) is 67.1 Å². The predicted octanol–water partition coefficient (Wildman–Crippen LogP) is 4.87. The number of benzene rings is 1. The molecule has 1 aromatic heterocycles. The molecule has 0 radical (unpaired) electrons. The van der Waals surface area contributed by atoms with E-state index in [2.05, 4.69) is 35.4 Å². The Hall–Kier alpha value is -1.48. The van der Waals surface area contributed by atoms with Crippen molar-refractivity contribution in [3.8, 4) is 5.75 Å². The van der Waals surface area contributed by atoms with Crippen LogP contribution in [0, 0.1) is 0 Å². The van der Waals surface area contributed by atoms with Crippen LogP contribution < -0.4 is 10.1 Å². The van der Waals surface area contributed by atoms with E-state index in [9.17, 15) is 0 Å². The van der Waals surface area contributed by atoms with Crippen molar-refractivity contribution in [1.29, 1.82) is 0 Å². The summed E-state index contributed by atoms with van der Waals surface area (Å²) in [6, 6.07) is 7.75. The van der Waals surface area contributed by atoms with Gasteiger partial charge in [0.05, 0.1) is 6.61 Å². The summed E-state index contributed by atoms with van der Waals surface area (Å²) in [6.45, 7) is 2.94. The molecule has 1 saturated carbocycles. The summed E-state index contributed by atoms with van der Waals surface area (Å²) in [6.07, 6.45) is 10.3. The summed E-state index contributed by atoms with van der Waals surface area (Å²) in [7, 11) is 0. The van der Waals surface area contributed by atoms with Crippen LogP contribution in [0.1, 0.15) is 69.2 Å². The quantitative estimate of drug-likeness (QED) is 0.826. The molecule has 0 bridgehead atoms. The number of aromatic nitrogens is 1. The fraction of sp³-hybridized carbons (Fsp3) is 0.600. The molecule has 1 fully saturated rings. The van der Waals surface area contributed by atoms with Gasteiger partial charge >= 0.3 is 0 Å². The van der Waals surface area contributed by atoms with Gasteiger partial charge in [-0.3, -0.25) is 0 Å². The number of fused-ring (bicyclic) bond motifs is 3. The SMILES string of the molecule is CCCOc1ccc2[nH]c3c(c2c1)CCCC3NC1CCCC1. The molecule has 124 valence electrons. The molecule has 2 aliphatic carbocycles. The number of aryl methyl sites for hydroxylation is 1. The molecule has 3 nitrogen and oxygen atoms in total. The molecular weight excluding hydrogens is 284 g/mol. The Bertz CT molecular complexity index is 670. The Morgan fingerprint density at radius 2 is 2.04 bits per heavy atom. The third kappa shape index (κ3) is 2.99. The van der Waals surface area contributed by atoms with Gasteiger partial charge in [0.15, 0.2) is 0 Å². The Kier molecular flexibility index (Phi) is 4.30. The number of hydrogen-bond acceptors (Lipinski definition) is 2. The third-order valence-electron chi connectivity index (χ3n) is 5.44. The van der Waals surface area contributed by atoms with Gasteiger partial charge in [-0.1, -0.05) is 19.8 Å². The monoisotopic (exact) mass is 312 g/mol. The van der Waals surface area contributed by atoms with Crippen LogP contribution in [0.2, 0.25) is 0 Å². The molecule has 0 amide bonds. The van der Waals surface area contributed by atoms with E-state index in [4.69, 9.17) is 4.74 Å². The predicted molar refractivity (Wildman–Crippen MR) is 95.2 cm³/mol. The summed E-state index contributed by atoms with van der Waals surface area (Å²) < 4.78 is 5.83. The van der Waals surface area contributed by atoms with Crippen molar-refractivity contribution in [2.75, 3.05) is 6.61 Å². The van der Waals surface area contributed by atoms with E-state index >= 15 is 0 Å². The van der Waals surface area contributed by atoms with E-state index < -0.39 is 0 Å². The lowest BCUT2D eigenvalue weighted by Gasteiger charge is -2.27. The van der Waals surface area contributed by atoms with E-state index in [1.807, 2.05) is 0 Å².